The van der Waals surface area contributed by atoms with E-state index in [0.717, 1.165) is 0 Å². The van der Waals surface area contributed by atoms with E-state index in [4.69, 9.17) is 16.3 Å². The number of fused-ring (bicyclic) bond motifs is 2. The molecular weight excluding hydrogens is 192 g/mol. The predicted octanol–water partition coefficient (Wildman–Crippen LogP) is 1.48. The van der Waals surface area contributed by atoms with Crippen molar-refractivity contribution in [2.24, 2.45) is 11.3 Å². The van der Waals surface area contributed by atoms with Gasteiger partial charge in [-0.05, 0) is 24.4 Å². The second-order valence-electron chi connectivity index (χ2n) is 4.33. The molecule has 2 aliphatic rings. The van der Waals surface area contributed by atoms with Crippen molar-refractivity contribution in [2.45, 2.75) is 32.3 Å². The number of hydrogen-bond donors (Lipinski definition) is 0. The molecule has 1 aliphatic heterocycles. The zero-order valence-corrected chi connectivity index (χ0v) is 8.35. The molecule has 1 aliphatic carbocycles. The van der Waals surface area contributed by atoms with E-state index >= 15 is 0 Å². The van der Waals surface area contributed by atoms with Crippen LogP contribution in [0.5, 0.6) is 0 Å². The van der Waals surface area contributed by atoms with Crippen LogP contribution < -0.4 is 0 Å². The molecule has 1 saturated heterocycles. The lowest BCUT2D eigenvalue weighted by Crippen LogP contribution is -2.44. The molecule has 0 aromatic heterocycles. The first kappa shape index (κ1) is 9.00. The van der Waals surface area contributed by atoms with Crippen LogP contribution in [0.3, 0.4) is 0 Å². The Kier molecular flexibility index (Phi) is 1.57. The second-order valence-corrected chi connectivity index (χ2v) is 4.68. The quantitative estimate of drug-likeness (QED) is 0.478. The van der Waals surface area contributed by atoms with Crippen LogP contribution in [0.15, 0.2) is 0 Å². The van der Waals surface area contributed by atoms with E-state index in [1.807, 2.05) is 13.8 Å². The van der Waals surface area contributed by atoms with Crippen LogP contribution in [0.1, 0.15) is 26.7 Å². The number of ether oxygens (including phenoxy) is 1. The molecule has 3 nitrogen and oxygen atoms in total. The fourth-order valence-electron chi connectivity index (χ4n) is 2.54. The molecule has 0 radical (unpaired) electrons. The first-order valence-electron chi connectivity index (χ1n) is 4.34. The molecule has 72 valence electrons. The van der Waals surface area contributed by atoms with Crippen LogP contribution in [-0.2, 0) is 14.3 Å². The van der Waals surface area contributed by atoms with E-state index in [1.165, 1.54) is 0 Å². The van der Waals surface area contributed by atoms with Crippen LogP contribution in [0, 0.1) is 11.3 Å². The van der Waals surface area contributed by atoms with E-state index in [2.05, 4.69) is 0 Å². The molecule has 13 heavy (non-hydrogen) atoms. The average Bonchev–Trinajstić information content (AvgIpc) is 2.35. The SMILES string of the molecule is CC1(C)C2CC[C@@]1(C(=O)Cl)OC2=O. The van der Waals surface area contributed by atoms with Crippen LogP contribution in [0.25, 0.3) is 0 Å². The van der Waals surface area contributed by atoms with Gasteiger partial charge in [-0.2, -0.15) is 0 Å². The third-order valence-corrected chi connectivity index (χ3v) is 3.88. The fourth-order valence-corrected chi connectivity index (χ4v) is 2.92. The van der Waals surface area contributed by atoms with Crippen molar-refractivity contribution in [1.82, 2.24) is 0 Å². The number of rotatable bonds is 1. The van der Waals surface area contributed by atoms with Gasteiger partial charge in [0.2, 0.25) is 0 Å². The lowest BCUT2D eigenvalue weighted by atomic mass is 9.75. The highest BCUT2D eigenvalue weighted by molar-refractivity contribution is 6.65. The van der Waals surface area contributed by atoms with E-state index in [-0.39, 0.29) is 11.9 Å². The molecule has 4 heteroatoms. The van der Waals surface area contributed by atoms with Gasteiger partial charge in [0.1, 0.15) is 0 Å². The van der Waals surface area contributed by atoms with Crippen LogP contribution in [0.4, 0.5) is 0 Å². The molecule has 0 aromatic carbocycles. The number of hydrogen-bond acceptors (Lipinski definition) is 3. The van der Waals surface area contributed by atoms with E-state index < -0.39 is 16.3 Å². The highest BCUT2D eigenvalue weighted by Gasteiger charge is 2.69. The molecule has 1 saturated carbocycles. The van der Waals surface area contributed by atoms with Gasteiger partial charge in [-0.25, -0.2) is 0 Å². The summed E-state index contributed by atoms with van der Waals surface area (Å²) in [5.74, 6) is -0.430. The molecule has 2 rings (SSSR count). The predicted molar refractivity (Wildman–Crippen MR) is 46.2 cm³/mol. The van der Waals surface area contributed by atoms with Gasteiger partial charge < -0.3 is 4.74 Å². The summed E-state index contributed by atoms with van der Waals surface area (Å²) >= 11 is 5.50. The minimum absolute atomic E-state index is 0.157. The zero-order valence-electron chi connectivity index (χ0n) is 7.59. The Bertz CT molecular complexity index is 297. The minimum atomic E-state index is -1.05. The van der Waals surface area contributed by atoms with Crippen molar-refractivity contribution < 1.29 is 14.3 Å². The summed E-state index contributed by atoms with van der Waals surface area (Å²) in [6.07, 6.45) is 1.28. The molecule has 2 bridgehead atoms. The lowest BCUT2D eigenvalue weighted by molar-refractivity contribution is -0.161. The third kappa shape index (κ3) is 0.810. The van der Waals surface area contributed by atoms with Gasteiger partial charge in [0.15, 0.2) is 5.60 Å². The Morgan fingerprint density at radius 2 is 2.23 bits per heavy atom. The molecule has 0 aromatic rings. The van der Waals surface area contributed by atoms with Crippen LogP contribution in [0.2, 0.25) is 0 Å². The van der Waals surface area contributed by atoms with E-state index in [9.17, 15) is 9.59 Å². The van der Waals surface area contributed by atoms with Crippen molar-refractivity contribution in [3.05, 3.63) is 0 Å². The Morgan fingerprint density at radius 1 is 1.62 bits per heavy atom. The fraction of sp³-hybridized carbons (Fsp3) is 0.778. The third-order valence-electron chi connectivity index (χ3n) is 3.57. The normalized spacial score (nSPS) is 40.5. The Balaban J connectivity index is 2.51. The zero-order chi connectivity index (χ0) is 9.85. The summed E-state index contributed by atoms with van der Waals surface area (Å²) in [6, 6.07) is 0. The van der Waals surface area contributed by atoms with E-state index in [0.29, 0.717) is 12.8 Å². The van der Waals surface area contributed by atoms with Gasteiger partial charge in [-0.3, -0.25) is 9.59 Å². The number of halogens is 1. The Hall–Kier alpha value is -0.570. The maximum Gasteiger partial charge on any atom is 0.310 e. The topological polar surface area (TPSA) is 43.4 Å². The number of carbonyl (C=O) groups is 2. The van der Waals surface area contributed by atoms with E-state index in [1.54, 1.807) is 0 Å². The van der Waals surface area contributed by atoms with Gasteiger partial charge in [0.05, 0.1) is 5.92 Å². The van der Waals surface area contributed by atoms with Crippen molar-refractivity contribution >= 4 is 22.8 Å². The minimum Gasteiger partial charge on any atom is -0.449 e. The second kappa shape index (κ2) is 2.27. The first-order valence-corrected chi connectivity index (χ1v) is 4.72. The van der Waals surface area contributed by atoms with Gasteiger partial charge in [0, 0.05) is 5.41 Å². The van der Waals surface area contributed by atoms with Gasteiger partial charge >= 0.3 is 5.97 Å². The van der Waals surface area contributed by atoms with Gasteiger partial charge in [-0.1, -0.05) is 13.8 Å². The average molecular weight is 203 g/mol. The molecule has 0 N–H and O–H groups in total. The van der Waals surface area contributed by atoms with Crippen molar-refractivity contribution in [1.29, 1.82) is 0 Å². The van der Waals surface area contributed by atoms with Gasteiger partial charge in [0.25, 0.3) is 5.24 Å². The summed E-state index contributed by atoms with van der Waals surface area (Å²) in [4.78, 5) is 22.6. The van der Waals surface area contributed by atoms with Crippen molar-refractivity contribution in [3.63, 3.8) is 0 Å². The monoisotopic (exact) mass is 202 g/mol. The van der Waals surface area contributed by atoms with Crippen LogP contribution in [-0.4, -0.2) is 16.8 Å². The standard InChI is InChI=1S/C9H11ClO3/c1-8(2)5-3-4-9(8,7(10)12)13-6(5)11/h5H,3-4H2,1-2H3/t5?,9-/m0/s1. The molecule has 1 unspecified atom stereocenters. The summed E-state index contributed by atoms with van der Waals surface area (Å²) in [5, 5.41) is -0.536. The Labute approximate surface area is 81.4 Å². The largest absolute Gasteiger partial charge is 0.449 e. The summed E-state index contributed by atoms with van der Waals surface area (Å²) in [6.45, 7) is 3.74. The highest BCUT2D eigenvalue weighted by Crippen LogP contribution is 2.58. The summed E-state index contributed by atoms with van der Waals surface area (Å²) < 4.78 is 5.10. The maximum atomic E-state index is 11.3. The molecular formula is C9H11ClO3. The maximum absolute atomic E-state index is 11.3. The smallest absolute Gasteiger partial charge is 0.310 e. The lowest BCUT2D eigenvalue weighted by Gasteiger charge is -2.31. The summed E-state index contributed by atoms with van der Waals surface area (Å²) in [7, 11) is 0. The molecule has 0 spiro atoms. The molecule has 2 atom stereocenters. The van der Waals surface area contributed by atoms with Crippen molar-refractivity contribution in [2.75, 3.05) is 0 Å². The number of carbonyl (C=O) groups excluding carboxylic acids is 2. The molecule has 2 fully saturated rings. The van der Waals surface area contributed by atoms with Crippen molar-refractivity contribution in [3.8, 4) is 0 Å². The van der Waals surface area contributed by atoms with Crippen LogP contribution >= 0.6 is 11.6 Å². The number of esters is 1. The first-order chi connectivity index (χ1) is 5.92. The molecule has 1 heterocycles. The summed E-state index contributed by atoms with van der Waals surface area (Å²) in [5.41, 5.74) is -1.49. The molecule has 0 amide bonds. The Morgan fingerprint density at radius 3 is 2.46 bits per heavy atom. The highest BCUT2D eigenvalue weighted by atomic mass is 35.5. The van der Waals surface area contributed by atoms with Gasteiger partial charge in [-0.15, -0.1) is 0 Å².